The maximum atomic E-state index is 14.1. The molecule has 1 fully saturated rings. The van der Waals surface area contributed by atoms with Crippen molar-refractivity contribution in [3.63, 3.8) is 0 Å². The van der Waals surface area contributed by atoms with E-state index in [1.54, 1.807) is 19.1 Å². The van der Waals surface area contributed by atoms with Gasteiger partial charge in [0.25, 0.3) is 0 Å². The summed E-state index contributed by atoms with van der Waals surface area (Å²) in [6, 6.07) is 3.79. The number of halogens is 1. The Hall–Kier alpha value is -2.21. The summed E-state index contributed by atoms with van der Waals surface area (Å²) in [4.78, 5) is 2.33. The van der Waals surface area contributed by atoms with Gasteiger partial charge in [0, 0.05) is 23.7 Å². The van der Waals surface area contributed by atoms with Crippen LogP contribution in [0.2, 0.25) is 0 Å². The summed E-state index contributed by atoms with van der Waals surface area (Å²) in [6.45, 7) is 3.78. The van der Waals surface area contributed by atoms with Crippen LogP contribution in [0.1, 0.15) is 36.0 Å². The lowest BCUT2D eigenvalue weighted by Crippen LogP contribution is -2.40. The SMILES string of the molecule is Cc1ccc(-c2nnc(NC3CCCN(C)C3)c3c2CCC3)c(O)c1F. The van der Waals surface area contributed by atoms with Crippen LogP contribution in [-0.4, -0.2) is 46.4 Å². The lowest BCUT2D eigenvalue weighted by Gasteiger charge is -2.31. The van der Waals surface area contributed by atoms with Crippen molar-refractivity contribution in [2.75, 3.05) is 25.5 Å². The zero-order chi connectivity index (χ0) is 18.3. The standard InChI is InChI=1S/C20H25FN4O/c1-12-8-9-16(19(26)17(12)21)18-14-6-3-7-15(14)20(24-23-18)22-13-5-4-10-25(2)11-13/h8-9,13,26H,3-7,10-11H2,1-2H3,(H,22,24). The number of nitrogens with one attached hydrogen (secondary N) is 1. The van der Waals surface area contributed by atoms with Gasteiger partial charge >= 0.3 is 0 Å². The van der Waals surface area contributed by atoms with Gasteiger partial charge in [-0.15, -0.1) is 10.2 Å². The molecular formula is C20H25FN4O. The van der Waals surface area contributed by atoms with Crippen molar-refractivity contribution in [1.82, 2.24) is 15.1 Å². The summed E-state index contributed by atoms with van der Waals surface area (Å²) in [5, 5.41) is 22.6. The van der Waals surface area contributed by atoms with Gasteiger partial charge in [-0.1, -0.05) is 6.07 Å². The Balaban J connectivity index is 1.69. The molecule has 6 heteroatoms. The minimum atomic E-state index is -0.580. The van der Waals surface area contributed by atoms with Gasteiger partial charge in [-0.2, -0.15) is 0 Å². The Morgan fingerprint density at radius 2 is 2.00 bits per heavy atom. The van der Waals surface area contributed by atoms with Gasteiger partial charge in [-0.3, -0.25) is 0 Å². The summed E-state index contributed by atoms with van der Waals surface area (Å²) in [7, 11) is 2.14. The van der Waals surface area contributed by atoms with Gasteiger partial charge in [-0.25, -0.2) is 4.39 Å². The molecule has 138 valence electrons. The van der Waals surface area contributed by atoms with E-state index >= 15 is 0 Å². The van der Waals surface area contributed by atoms with Gasteiger partial charge in [0.2, 0.25) is 0 Å². The Morgan fingerprint density at radius 3 is 2.81 bits per heavy atom. The monoisotopic (exact) mass is 356 g/mol. The molecule has 5 nitrogen and oxygen atoms in total. The van der Waals surface area contributed by atoms with E-state index in [4.69, 9.17) is 0 Å². The van der Waals surface area contributed by atoms with E-state index in [2.05, 4.69) is 27.5 Å². The second-order valence-electron chi connectivity index (χ2n) is 7.55. The second-order valence-corrected chi connectivity index (χ2v) is 7.55. The highest BCUT2D eigenvalue weighted by Crippen LogP contribution is 2.39. The highest BCUT2D eigenvalue weighted by Gasteiger charge is 2.26. The molecule has 1 aliphatic carbocycles. The first-order valence-electron chi connectivity index (χ1n) is 9.36. The van der Waals surface area contributed by atoms with Gasteiger partial charge in [0.05, 0.1) is 0 Å². The zero-order valence-electron chi connectivity index (χ0n) is 15.3. The third-order valence-corrected chi connectivity index (χ3v) is 5.57. The molecule has 0 amide bonds. The topological polar surface area (TPSA) is 61.3 Å². The third-order valence-electron chi connectivity index (χ3n) is 5.57. The molecule has 1 aromatic heterocycles. The molecule has 26 heavy (non-hydrogen) atoms. The largest absolute Gasteiger partial charge is 0.504 e. The van der Waals surface area contributed by atoms with E-state index in [0.29, 0.717) is 22.9 Å². The van der Waals surface area contributed by atoms with Gasteiger partial charge in [0.15, 0.2) is 17.4 Å². The van der Waals surface area contributed by atoms with Gasteiger partial charge in [0.1, 0.15) is 5.69 Å². The quantitative estimate of drug-likeness (QED) is 0.884. The fraction of sp³-hybridized carbons (Fsp3) is 0.500. The number of nitrogens with zero attached hydrogens (tertiary/aromatic N) is 3. The molecule has 0 radical (unpaired) electrons. The van der Waals surface area contributed by atoms with E-state index in [0.717, 1.165) is 50.2 Å². The number of piperidine rings is 1. The highest BCUT2D eigenvalue weighted by atomic mass is 19.1. The summed E-state index contributed by atoms with van der Waals surface area (Å²) in [5.41, 5.74) is 3.73. The number of likely N-dealkylation sites (N-methyl/N-ethyl adjacent to an activating group) is 1. The van der Waals surface area contributed by atoms with Crippen molar-refractivity contribution in [2.45, 2.75) is 45.1 Å². The van der Waals surface area contributed by atoms with Crippen LogP contribution in [0, 0.1) is 12.7 Å². The molecule has 2 N–H and O–H groups in total. The molecule has 4 rings (SSSR count). The van der Waals surface area contributed by atoms with Crippen LogP contribution < -0.4 is 5.32 Å². The Labute approximate surface area is 153 Å². The first kappa shape index (κ1) is 17.2. The van der Waals surface area contributed by atoms with Crippen LogP contribution in [0.3, 0.4) is 0 Å². The van der Waals surface area contributed by atoms with Crippen molar-refractivity contribution in [2.24, 2.45) is 0 Å². The number of rotatable bonds is 3. The number of phenols is 1. The maximum Gasteiger partial charge on any atom is 0.168 e. The maximum absolute atomic E-state index is 14.1. The molecule has 1 atom stereocenters. The zero-order valence-corrected chi connectivity index (χ0v) is 15.3. The molecule has 1 aliphatic heterocycles. The minimum absolute atomic E-state index is 0.331. The van der Waals surface area contributed by atoms with Crippen LogP contribution in [0.4, 0.5) is 10.2 Å². The number of hydrogen-bond acceptors (Lipinski definition) is 5. The number of hydrogen-bond donors (Lipinski definition) is 2. The van der Waals surface area contributed by atoms with Crippen LogP contribution >= 0.6 is 0 Å². The van der Waals surface area contributed by atoms with Crippen LogP contribution in [-0.2, 0) is 12.8 Å². The van der Waals surface area contributed by atoms with Gasteiger partial charge in [-0.05, 0) is 69.8 Å². The first-order valence-corrected chi connectivity index (χ1v) is 9.36. The van der Waals surface area contributed by atoms with E-state index in [1.165, 1.54) is 12.0 Å². The van der Waals surface area contributed by atoms with Crippen molar-refractivity contribution in [3.05, 3.63) is 34.6 Å². The third kappa shape index (κ3) is 3.03. The van der Waals surface area contributed by atoms with Crippen molar-refractivity contribution < 1.29 is 9.50 Å². The molecule has 1 aromatic carbocycles. The van der Waals surface area contributed by atoms with Gasteiger partial charge < -0.3 is 15.3 Å². The summed E-state index contributed by atoms with van der Waals surface area (Å²) >= 11 is 0. The number of phenolic OH excluding ortho intramolecular Hbond substituents is 1. The lowest BCUT2D eigenvalue weighted by molar-refractivity contribution is 0.260. The average Bonchev–Trinajstić information content (AvgIpc) is 3.11. The molecular weight excluding hydrogens is 331 g/mol. The predicted molar refractivity (Wildman–Crippen MR) is 100.0 cm³/mol. The normalized spacial score (nSPS) is 20.2. The number of likely N-dealkylation sites (tertiary alicyclic amines) is 1. The van der Waals surface area contributed by atoms with E-state index < -0.39 is 5.82 Å². The molecule has 0 saturated carbocycles. The predicted octanol–water partition coefficient (Wildman–Crippen LogP) is 3.29. The average molecular weight is 356 g/mol. The van der Waals surface area contributed by atoms with Crippen LogP contribution in [0.5, 0.6) is 5.75 Å². The van der Waals surface area contributed by atoms with E-state index in [1.807, 2.05) is 0 Å². The number of aromatic hydroxyl groups is 1. The van der Waals surface area contributed by atoms with Crippen molar-refractivity contribution in [3.8, 4) is 17.0 Å². The summed E-state index contributed by atoms with van der Waals surface area (Å²) in [6.07, 6.45) is 5.17. The molecule has 2 aromatic rings. The number of fused-ring (bicyclic) bond motifs is 1. The van der Waals surface area contributed by atoms with Crippen molar-refractivity contribution in [1.29, 1.82) is 0 Å². The number of anilines is 1. The fourth-order valence-electron chi connectivity index (χ4n) is 4.15. The Bertz CT molecular complexity index is 839. The second kappa shape index (κ2) is 6.83. The minimum Gasteiger partial charge on any atom is -0.504 e. The summed E-state index contributed by atoms with van der Waals surface area (Å²) in [5.74, 6) is -0.0554. The Morgan fingerprint density at radius 1 is 1.19 bits per heavy atom. The fourth-order valence-corrected chi connectivity index (χ4v) is 4.15. The Kier molecular flexibility index (Phi) is 4.53. The number of aromatic nitrogens is 2. The molecule has 2 heterocycles. The number of benzene rings is 1. The van der Waals surface area contributed by atoms with Crippen LogP contribution in [0.15, 0.2) is 12.1 Å². The van der Waals surface area contributed by atoms with Crippen LogP contribution in [0.25, 0.3) is 11.3 Å². The highest BCUT2D eigenvalue weighted by molar-refractivity contribution is 5.73. The molecule has 1 unspecified atom stereocenters. The molecule has 2 aliphatic rings. The van der Waals surface area contributed by atoms with E-state index in [9.17, 15) is 9.50 Å². The first-order chi connectivity index (χ1) is 12.5. The van der Waals surface area contributed by atoms with E-state index in [-0.39, 0.29) is 5.75 Å². The smallest absolute Gasteiger partial charge is 0.168 e. The number of aryl methyl sites for hydroxylation is 1. The molecule has 0 spiro atoms. The van der Waals surface area contributed by atoms with Crippen molar-refractivity contribution >= 4 is 5.82 Å². The summed E-state index contributed by atoms with van der Waals surface area (Å²) < 4.78 is 14.1. The lowest BCUT2D eigenvalue weighted by atomic mass is 10.0. The molecule has 0 bridgehead atoms. The molecule has 1 saturated heterocycles.